The van der Waals surface area contributed by atoms with Gasteiger partial charge < -0.3 is 18.9 Å². The number of halogens is 1. The number of hydrogen-bond acceptors (Lipinski definition) is 7. The lowest BCUT2D eigenvalue weighted by molar-refractivity contribution is -0.175. The predicted molar refractivity (Wildman–Crippen MR) is 134 cm³/mol. The van der Waals surface area contributed by atoms with Gasteiger partial charge in [0, 0.05) is 21.7 Å². The lowest BCUT2D eigenvalue weighted by atomic mass is 10.1. The van der Waals surface area contributed by atoms with E-state index in [9.17, 15) is 9.59 Å². The second-order valence-electron chi connectivity index (χ2n) is 9.88. The molecule has 0 aliphatic heterocycles. The minimum Gasteiger partial charge on any atom is -0.479 e. The van der Waals surface area contributed by atoms with E-state index < -0.39 is 25.9 Å². The molecule has 0 spiro atoms. The maximum Gasteiger partial charge on any atom is 0.514 e. The van der Waals surface area contributed by atoms with Crippen LogP contribution in [-0.2, 0) is 25.5 Å². The second-order valence-corrected chi connectivity index (χ2v) is 16.3. The van der Waals surface area contributed by atoms with E-state index in [0.29, 0.717) is 29.9 Å². The van der Waals surface area contributed by atoms with Crippen LogP contribution in [0.3, 0.4) is 0 Å². The van der Waals surface area contributed by atoms with E-state index in [2.05, 4.69) is 35.6 Å². The van der Waals surface area contributed by atoms with Gasteiger partial charge in [0.15, 0.2) is 11.9 Å². The first-order valence-corrected chi connectivity index (χ1v) is 15.4. The molecule has 0 saturated carbocycles. The zero-order valence-corrected chi connectivity index (χ0v) is 23.8. The van der Waals surface area contributed by atoms with Crippen molar-refractivity contribution in [3.63, 3.8) is 0 Å². The van der Waals surface area contributed by atoms with E-state index in [-0.39, 0.29) is 11.7 Å². The quantitative estimate of drug-likeness (QED) is 0.120. The molecule has 188 valence electrons. The van der Waals surface area contributed by atoms with Gasteiger partial charge in [0.05, 0.1) is 13.7 Å². The maximum atomic E-state index is 12.4. The molecule has 8 nitrogen and oxygen atoms in total. The van der Waals surface area contributed by atoms with Gasteiger partial charge in [0.2, 0.25) is 0 Å². The Labute approximate surface area is 206 Å². The van der Waals surface area contributed by atoms with Crippen LogP contribution in [-0.4, -0.2) is 64.3 Å². The molecular formula is C23H38BrNO7Si. The Morgan fingerprint density at radius 3 is 2.33 bits per heavy atom. The first kappa shape index (κ1) is 29.4. The van der Waals surface area contributed by atoms with Crippen LogP contribution in [0.5, 0.6) is 11.5 Å². The molecule has 0 aliphatic carbocycles. The molecule has 0 N–H and O–H groups in total. The van der Waals surface area contributed by atoms with Gasteiger partial charge in [-0.15, -0.1) is 0 Å². The summed E-state index contributed by atoms with van der Waals surface area (Å²) >= 11 is 3.47. The number of nitrogens with zero attached hydrogens (tertiary/aromatic N) is 1. The molecule has 10 heteroatoms. The molecule has 1 rings (SSSR count). The summed E-state index contributed by atoms with van der Waals surface area (Å²) in [5.74, 6) is 0.262. The van der Waals surface area contributed by atoms with Crippen molar-refractivity contribution in [2.75, 3.05) is 27.4 Å². The highest BCUT2D eigenvalue weighted by molar-refractivity contribution is 9.10. The molecule has 0 fully saturated rings. The number of hydroxylamine groups is 2. The molecule has 1 aromatic carbocycles. The maximum absolute atomic E-state index is 12.4. The largest absolute Gasteiger partial charge is 0.514 e. The minimum absolute atomic E-state index is 0.224. The topological polar surface area (TPSA) is 83.5 Å². The predicted octanol–water partition coefficient (Wildman–Crippen LogP) is 5.45. The van der Waals surface area contributed by atoms with Crippen molar-refractivity contribution in [3.05, 3.63) is 22.2 Å². The number of carbonyl (C=O) groups is 2. The van der Waals surface area contributed by atoms with E-state index in [1.807, 2.05) is 0 Å². The van der Waals surface area contributed by atoms with Gasteiger partial charge >= 0.3 is 6.16 Å². The van der Waals surface area contributed by atoms with Crippen LogP contribution in [0.15, 0.2) is 16.6 Å². The Balaban J connectivity index is 3.07. The molecule has 0 aliphatic rings. The standard InChI is InChI=1S/C23H38BrNO7Si/c1-16(21(26)25(5)28-6)30-20-17(12-13-29-14-15-33(7,8)9)10-11-18(19(20)24)31-22(27)32-23(2,3)4/h10-11,16H,12-15H2,1-9H3/t16-/m0/s1. The molecular weight excluding hydrogens is 510 g/mol. The van der Waals surface area contributed by atoms with Crippen molar-refractivity contribution in [3.8, 4) is 11.5 Å². The summed E-state index contributed by atoms with van der Waals surface area (Å²) in [7, 11) is 1.74. The highest BCUT2D eigenvalue weighted by atomic mass is 79.9. The number of likely N-dealkylation sites (N-methyl/N-ethyl adjacent to an activating group) is 1. The highest BCUT2D eigenvalue weighted by Crippen LogP contribution is 2.39. The van der Waals surface area contributed by atoms with Crippen molar-refractivity contribution in [1.82, 2.24) is 5.06 Å². The Morgan fingerprint density at radius 2 is 1.79 bits per heavy atom. The summed E-state index contributed by atoms with van der Waals surface area (Å²) in [5.41, 5.74) is 0.119. The molecule has 1 atom stereocenters. The summed E-state index contributed by atoms with van der Waals surface area (Å²) in [5, 5.41) is 1.10. The fraction of sp³-hybridized carbons (Fsp3) is 0.652. The SMILES string of the molecule is CON(C)C(=O)[C@H](C)Oc1c(CCOCC[Si](C)(C)C)ccc(OC(=O)OC(C)(C)C)c1Br. The van der Waals surface area contributed by atoms with Crippen LogP contribution < -0.4 is 9.47 Å². The monoisotopic (exact) mass is 547 g/mol. The second kappa shape index (κ2) is 12.7. The molecule has 0 heterocycles. The Bertz CT molecular complexity index is 805. The third-order valence-electron chi connectivity index (χ3n) is 4.46. The smallest absolute Gasteiger partial charge is 0.479 e. The molecule has 33 heavy (non-hydrogen) atoms. The average Bonchev–Trinajstić information content (AvgIpc) is 2.68. The van der Waals surface area contributed by atoms with E-state index >= 15 is 0 Å². The normalized spacial score (nSPS) is 12.8. The summed E-state index contributed by atoms with van der Waals surface area (Å²) in [4.78, 5) is 29.6. The van der Waals surface area contributed by atoms with Crippen LogP contribution >= 0.6 is 15.9 Å². The lowest BCUT2D eigenvalue weighted by Gasteiger charge is -2.23. The number of ether oxygens (including phenoxy) is 4. The van der Waals surface area contributed by atoms with Crippen molar-refractivity contribution < 1.29 is 33.4 Å². The number of amides is 1. The van der Waals surface area contributed by atoms with E-state index in [1.54, 1.807) is 39.8 Å². The fourth-order valence-electron chi connectivity index (χ4n) is 2.58. The molecule has 0 aromatic heterocycles. The number of rotatable bonds is 11. The molecule has 0 bridgehead atoms. The van der Waals surface area contributed by atoms with Crippen molar-refractivity contribution in [2.24, 2.45) is 0 Å². The number of benzene rings is 1. The molecule has 0 saturated heterocycles. The average molecular weight is 549 g/mol. The molecule has 1 aromatic rings. The van der Waals surface area contributed by atoms with E-state index in [1.165, 1.54) is 14.2 Å². The van der Waals surface area contributed by atoms with Gasteiger partial charge in [-0.25, -0.2) is 9.86 Å². The summed E-state index contributed by atoms with van der Waals surface area (Å²) in [6.07, 6.45) is -1.11. The number of hydrogen-bond donors (Lipinski definition) is 0. The van der Waals surface area contributed by atoms with E-state index in [0.717, 1.165) is 16.7 Å². The van der Waals surface area contributed by atoms with Crippen molar-refractivity contribution >= 4 is 36.1 Å². The van der Waals surface area contributed by atoms with E-state index in [4.69, 9.17) is 23.8 Å². The van der Waals surface area contributed by atoms with Gasteiger partial charge in [-0.05, 0) is 67.7 Å². The van der Waals surface area contributed by atoms with Crippen LogP contribution in [0, 0.1) is 0 Å². The summed E-state index contributed by atoms with van der Waals surface area (Å²) in [6, 6.07) is 4.53. The fourth-order valence-corrected chi connectivity index (χ4v) is 3.90. The van der Waals surface area contributed by atoms with Gasteiger partial charge in [0.25, 0.3) is 5.91 Å². The Kier molecular flexibility index (Phi) is 11.3. The highest BCUT2D eigenvalue weighted by Gasteiger charge is 2.25. The summed E-state index contributed by atoms with van der Waals surface area (Å²) in [6.45, 7) is 15.0. The Hall–Kier alpha value is -1.62. The van der Waals surface area contributed by atoms with Gasteiger partial charge in [-0.2, -0.15) is 0 Å². The minimum atomic E-state index is -1.17. The number of carbonyl (C=O) groups excluding carboxylic acids is 2. The van der Waals surface area contributed by atoms with Crippen molar-refractivity contribution in [1.29, 1.82) is 0 Å². The zero-order chi connectivity index (χ0) is 25.4. The van der Waals surface area contributed by atoms with Gasteiger partial charge in [-0.1, -0.05) is 25.7 Å². The van der Waals surface area contributed by atoms with Crippen LogP contribution in [0.4, 0.5) is 4.79 Å². The first-order chi connectivity index (χ1) is 15.1. The Morgan fingerprint density at radius 1 is 1.15 bits per heavy atom. The van der Waals surface area contributed by atoms with Crippen molar-refractivity contribution in [2.45, 2.75) is 71.5 Å². The molecule has 1 amide bonds. The molecule has 0 radical (unpaired) electrons. The lowest BCUT2D eigenvalue weighted by Crippen LogP contribution is -2.37. The van der Waals surface area contributed by atoms with Crippen LogP contribution in [0.25, 0.3) is 0 Å². The van der Waals surface area contributed by atoms with Gasteiger partial charge in [0.1, 0.15) is 15.8 Å². The molecule has 0 unspecified atom stereocenters. The van der Waals surface area contributed by atoms with Crippen LogP contribution in [0.1, 0.15) is 33.3 Å². The zero-order valence-electron chi connectivity index (χ0n) is 21.2. The first-order valence-electron chi connectivity index (χ1n) is 10.9. The van der Waals surface area contributed by atoms with Crippen LogP contribution in [0.2, 0.25) is 25.7 Å². The summed E-state index contributed by atoms with van der Waals surface area (Å²) < 4.78 is 22.8. The van der Waals surface area contributed by atoms with Gasteiger partial charge in [-0.3, -0.25) is 9.63 Å². The third kappa shape index (κ3) is 10.9. The third-order valence-corrected chi connectivity index (χ3v) is 6.92.